The summed E-state index contributed by atoms with van der Waals surface area (Å²) >= 11 is 0. The summed E-state index contributed by atoms with van der Waals surface area (Å²) in [5.41, 5.74) is 0.613. The summed E-state index contributed by atoms with van der Waals surface area (Å²) in [5.74, 6) is -1.02. The summed E-state index contributed by atoms with van der Waals surface area (Å²) in [7, 11) is 3.11. The van der Waals surface area contributed by atoms with Gasteiger partial charge in [0.15, 0.2) is 0 Å². The molecule has 1 aliphatic rings. The van der Waals surface area contributed by atoms with Crippen LogP contribution >= 0.6 is 0 Å². The Bertz CT molecular complexity index is 494. The molecule has 108 valence electrons. The third kappa shape index (κ3) is 2.72. The molecule has 2 atom stereocenters. The van der Waals surface area contributed by atoms with E-state index in [4.69, 9.17) is 4.74 Å². The lowest BCUT2D eigenvalue weighted by molar-refractivity contribution is -0.141. The van der Waals surface area contributed by atoms with Crippen LogP contribution < -0.4 is 4.90 Å². The van der Waals surface area contributed by atoms with Crippen LogP contribution in [0.1, 0.15) is 6.42 Å². The SMILES string of the molecule is COC1CC(C(=O)O)N(C(=O)N(C)c2cccnc2)C1. The average molecular weight is 279 g/mol. The number of carboxylic acid groups (broad SMARTS) is 1. The van der Waals surface area contributed by atoms with E-state index in [0.717, 1.165) is 0 Å². The first-order valence-corrected chi connectivity index (χ1v) is 6.24. The van der Waals surface area contributed by atoms with Gasteiger partial charge in [0.05, 0.1) is 18.0 Å². The molecule has 2 rings (SSSR count). The molecule has 7 heteroatoms. The van der Waals surface area contributed by atoms with Gasteiger partial charge in [-0.15, -0.1) is 0 Å². The van der Waals surface area contributed by atoms with Gasteiger partial charge in [0.25, 0.3) is 0 Å². The summed E-state index contributed by atoms with van der Waals surface area (Å²) in [4.78, 5) is 30.3. The Balaban J connectivity index is 2.17. The fourth-order valence-electron chi connectivity index (χ4n) is 2.27. The van der Waals surface area contributed by atoms with E-state index in [1.54, 1.807) is 31.6 Å². The van der Waals surface area contributed by atoms with Gasteiger partial charge in [0.1, 0.15) is 6.04 Å². The van der Waals surface area contributed by atoms with Crippen molar-refractivity contribution < 1.29 is 19.4 Å². The maximum atomic E-state index is 12.4. The van der Waals surface area contributed by atoms with Crippen molar-refractivity contribution in [2.24, 2.45) is 0 Å². The third-order valence-electron chi connectivity index (χ3n) is 3.45. The van der Waals surface area contributed by atoms with Crippen LogP contribution in [0.4, 0.5) is 10.5 Å². The molecular formula is C13H17N3O4. The summed E-state index contributed by atoms with van der Waals surface area (Å²) < 4.78 is 5.17. The number of aliphatic carboxylic acids is 1. The van der Waals surface area contributed by atoms with Crippen LogP contribution in [-0.2, 0) is 9.53 Å². The van der Waals surface area contributed by atoms with Gasteiger partial charge in [-0.2, -0.15) is 0 Å². The predicted molar refractivity (Wildman–Crippen MR) is 71.6 cm³/mol. The van der Waals surface area contributed by atoms with Gasteiger partial charge < -0.3 is 14.7 Å². The number of aromatic nitrogens is 1. The third-order valence-corrected chi connectivity index (χ3v) is 3.45. The van der Waals surface area contributed by atoms with E-state index < -0.39 is 12.0 Å². The lowest BCUT2D eigenvalue weighted by atomic mass is 10.2. The molecule has 1 saturated heterocycles. The van der Waals surface area contributed by atoms with Crippen LogP contribution in [0.3, 0.4) is 0 Å². The molecule has 20 heavy (non-hydrogen) atoms. The molecule has 0 spiro atoms. The van der Waals surface area contributed by atoms with Gasteiger partial charge >= 0.3 is 12.0 Å². The highest BCUT2D eigenvalue weighted by molar-refractivity contribution is 5.94. The van der Waals surface area contributed by atoms with Gasteiger partial charge in [-0.25, -0.2) is 9.59 Å². The summed E-state index contributed by atoms with van der Waals surface area (Å²) in [6.07, 6.45) is 3.22. The molecule has 0 saturated carbocycles. The molecule has 2 amide bonds. The zero-order valence-electron chi connectivity index (χ0n) is 11.4. The Morgan fingerprint density at radius 3 is 2.85 bits per heavy atom. The van der Waals surface area contributed by atoms with Crippen LogP contribution in [0, 0.1) is 0 Å². The second-order valence-corrected chi connectivity index (χ2v) is 4.65. The normalized spacial score (nSPS) is 21.8. The number of anilines is 1. The van der Waals surface area contributed by atoms with Crippen molar-refractivity contribution in [1.29, 1.82) is 0 Å². The zero-order valence-corrected chi connectivity index (χ0v) is 11.4. The number of carboxylic acids is 1. The minimum atomic E-state index is -1.02. The van der Waals surface area contributed by atoms with E-state index in [1.807, 2.05) is 0 Å². The van der Waals surface area contributed by atoms with Gasteiger partial charge in [-0.3, -0.25) is 9.88 Å². The van der Waals surface area contributed by atoms with E-state index in [2.05, 4.69) is 4.98 Å². The van der Waals surface area contributed by atoms with Gasteiger partial charge in [-0.1, -0.05) is 0 Å². The molecule has 1 aromatic rings. The van der Waals surface area contributed by atoms with Crippen LogP contribution in [0.15, 0.2) is 24.5 Å². The quantitative estimate of drug-likeness (QED) is 0.885. The molecule has 1 fully saturated rings. The minimum absolute atomic E-state index is 0.248. The van der Waals surface area contributed by atoms with Crippen LogP contribution in [-0.4, -0.2) is 59.8 Å². The highest BCUT2D eigenvalue weighted by atomic mass is 16.5. The highest BCUT2D eigenvalue weighted by Crippen LogP contribution is 2.23. The molecule has 2 unspecified atom stereocenters. The van der Waals surface area contributed by atoms with Crippen molar-refractivity contribution in [3.05, 3.63) is 24.5 Å². The van der Waals surface area contributed by atoms with Crippen LogP contribution in [0.25, 0.3) is 0 Å². The van der Waals surface area contributed by atoms with Crippen LogP contribution in [0.2, 0.25) is 0 Å². The number of hydrogen-bond donors (Lipinski definition) is 1. The first-order chi connectivity index (χ1) is 9.54. The smallest absolute Gasteiger partial charge is 0.326 e. The number of rotatable bonds is 3. The van der Waals surface area contributed by atoms with E-state index in [0.29, 0.717) is 12.1 Å². The number of methoxy groups -OCH3 is 1. The van der Waals surface area contributed by atoms with E-state index in [9.17, 15) is 14.7 Å². The number of urea groups is 1. The maximum Gasteiger partial charge on any atom is 0.326 e. The number of amides is 2. The largest absolute Gasteiger partial charge is 0.480 e. The van der Waals surface area contributed by atoms with Crippen molar-refractivity contribution in [1.82, 2.24) is 9.88 Å². The average Bonchev–Trinajstić information content (AvgIpc) is 2.91. The van der Waals surface area contributed by atoms with E-state index in [1.165, 1.54) is 16.9 Å². The second kappa shape index (κ2) is 5.87. The minimum Gasteiger partial charge on any atom is -0.480 e. The second-order valence-electron chi connectivity index (χ2n) is 4.65. The molecule has 0 aromatic carbocycles. The number of carbonyl (C=O) groups excluding carboxylic acids is 1. The molecule has 0 radical (unpaired) electrons. The van der Waals surface area contributed by atoms with E-state index in [-0.39, 0.29) is 18.7 Å². The number of carbonyl (C=O) groups is 2. The van der Waals surface area contributed by atoms with Gasteiger partial charge in [-0.05, 0) is 12.1 Å². The first kappa shape index (κ1) is 14.3. The fraction of sp³-hybridized carbons (Fsp3) is 0.462. The molecule has 1 aromatic heterocycles. The Labute approximate surface area is 116 Å². The van der Waals surface area contributed by atoms with Crippen molar-refractivity contribution >= 4 is 17.7 Å². The molecule has 1 aliphatic heterocycles. The molecule has 0 bridgehead atoms. The van der Waals surface area contributed by atoms with Crippen molar-refractivity contribution in [2.45, 2.75) is 18.6 Å². The van der Waals surface area contributed by atoms with Crippen molar-refractivity contribution in [3.63, 3.8) is 0 Å². The number of ether oxygens (including phenoxy) is 1. The zero-order chi connectivity index (χ0) is 14.7. The number of pyridine rings is 1. The standard InChI is InChI=1S/C13H17N3O4/c1-15(9-4-3-5-14-7-9)13(19)16-8-10(20-2)6-11(16)12(17)18/h3-5,7,10-11H,6,8H2,1-2H3,(H,17,18). The van der Waals surface area contributed by atoms with Gasteiger partial charge in [0, 0.05) is 33.3 Å². The number of nitrogens with zero attached hydrogens (tertiary/aromatic N) is 3. The Morgan fingerprint density at radius 1 is 1.55 bits per heavy atom. The molecule has 2 heterocycles. The van der Waals surface area contributed by atoms with Crippen LogP contribution in [0.5, 0.6) is 0 Å². The van der Waals surface area contributed by atoms with Crippen molar-refractivity contribution in [3.8, 4) is 0 Å². The monoisotopic (exact) mass is 279 g/mol. The lowest BCUT2D eigenvalue weighted by Crippen LogP contribution is -2.47. The molecule has 0 aliphatic carbocycles. The molecular weight excluding hydrogens is 262 g/mol. The Hall–Kier alpha value is -2.15. The topological polar surface area (TPSA) is 83.0 Å². The molecule has 7 nitrogen and oxygen atoms in total. The Morgan fingerprint density at radius 2 is 2.30 bits per heavy atom. The number of likely N-dealkylation sites (tertiary alicyclic amines) is 1. The van der Waals surface area contributed by atoms with Gasteiger partial charge in [0.2, 0.25) is 0 Å². The summed E-state index contributed by atoms with van der Waals surface area (Å²) in [6, 6.07) is 2.23. The first-order valence-electron chi connectivity index (χ1n) is 6.24. The summed E-state index contributed by atoms with van der Waals surface area (Å²) in [5, 5.41) is 9.22. The maximum absolute atomic E-state index is 12.4. The van der Waals surface area contributed by atoms with Crippen molar-refractivity contribution in [2.75, 3.05) is 25.6 Å². The number of hydrogen-bond acceptors (Lipinski definition) is 4. The Kier molecular flexibility index (Phi) is 4.19. The summed E-state index contributed by atoms with van der Waals surface area (Å²) in [6.45, 7) is 0.275. The molecule has 1 N–H and O–H groups in total. The lowest BCUT2D eigenvalue weighted by Gasteiger charge is -2.27. The highest BCUT2D eigenvalue weighted by Gasteiger charge is 2.41. The van der Waals surface area contributed by atoms with E-state index >= 15 is 0 Å². The predicted octanol–water partition coefficient (Wildman–Crippen LogP) is 0.812. The fourth-order valence-corrected chi connectivity index (χ4v) is 2.27.